The summed E-state index contributed by atoms with van der Waals surface area (Å²) in [6.07, 6.45) is 1.72. The van der Waals surface area contributed by atoms with Crippen LogP contribution in [0.5, 0.6) is 0 Å². The van der Waals surface area contributed by atoms with Gasteiger partial charge in [-0.25, -0.2) is 9.78 Å². The van der Waals surface area contributed by atoms with Crippen molar-refractivity contribution >= 4 is 11.5 Å². The normalized spacial score (nSPS) is 11.9. The van der Waals surface area contributed by atoms with E-state index < -0.39 is 5.97 Å². The highest BCUT2D eigenvalue weighted by atomic mass is 16.4. The fourth-order valence-electron chi connectivity index (χ4n) is 1.94. The first-order valence-electron chi connectivity index (χ1n) is 6.28. The number of nitrogens with zero attached hydrogens (tertiary/aromatic N) is 2. The third-order valence-corrected chi connectivity index (χ3v) is 2.76. The van der Waals surface area contributed by atoms with Gasteiger partial charge in [-0.15, -0.1) is 0 Å². The fourth-order valence-corrected chi connectivity index (χ4v) is 1.94. The minimum absolute atomic E-state index is 0.0585. The van der Waals surface area contributed by atoms with Crippen molar-refractivity contribution in [3.8, 4) is 0 Å². The maximum Gasteiger partial charge on any atom is 0.372 e. The number of rotatable bonds is 4. The molecule has 0 amide bonds. The molecule has 0 aliphatic rings. The summed E-state index contributed by atoms with van der Waals surface area (Å²) in [4.78, 5) is 15.4. The van der Waals surface area contributed by atoms with Crippen LogP contribution in [-0.2, 0) is 6.54 Å². The average molecular weight is 261 g/mol. The van der Waals surface area contributed by atoms with Crippen LogP contribution in [0, 0.1) is 5.41 Å². The summed E-state index contributed by atoms with van der Waals surface area (Å²) in [6, 6.07) is 5.57. The second-order valence-electron chi connectivity index (χ2n) is 5.81. The zero-order chi connectivity index (χ0) is 14.0. The molecule has 5 heteroatoms. The zero-order valence-electron chi connectivity index (χ0n) is 11.5. The van der Waals surface area contributed by atoms with Gasteiger partial charge in [0.1, 0.15) is 0 Å². The maximum absolute atomic E-state index is 11.2. The van der Waals surface area contributed by atoms with Crippen LogP contribution >= 0.6 is 0 Å². The van der Waals surface area contributed by atoms with E-state index in [1.54, 1.807) is 16.7 Å². The van der Waals surface area contributed by atoms with Crippen molar-refractivity contribution in [2.75, 3.05) is 6.54 Å². The van der Waals surface area contributed by atoms with E-state index in [4.69, 9.17) is 5.11 Å². The molecule has 0 aliphatic carbocycles. The first-order valence-corrected chi connectivity index (χ1v) is 6.28. The van der Waals surface area contributed by atoms with Crippen LogP contribution in [0.2, 0.25) is 0 Å². The first-order chi connectivity index (χ1) is 8.88. The molecule has 0 aliphatic heterocycles. The number of carboxylic acid groups (broad SMARTS) is 1. The lowest BCUT2D eigenvalue weighted by atomic mass is 9.97. The fraction of sp³-hybridized carbons (Fsp3) is 0.429. The van der Waals surface area contributed by atoms with Crippen molar-refractivity contribution < 1.29 is 9.90 Å². The van der Waals surface area contributed by atoms with Crippen LogP contribution in [0.4, 0.5) is 0 Å². The molecule has 0 atom stereocenters. The quantitative estimate of drug-likeness (QED) is 0.885. The third kappa shape index (κ3) is 3.12. The monoisotopic (exact) mass is 261 g/mol. The summed E-state index contributed by atoms with van der Waals surface area (Å²) in [5.74, 6) is -0.952. The number of carbonyl (C=O) groups is 1. The number of aromatic carboxylic acids is 1. The summed E-state index contributed by atoms with van der Waals surface area (Å²) in [5, 5.41) is 12.5. The lowest BCUT2D eigenvalue weighted by Crippen LogP contribution is -2.26. The van der Waals surface area contributed by atoms with E-state index in [1.807, 2.05) is 12.1 Å². The summed E-state index contributed by atoms with van der Waals surface area (Å²) >= 11 is 0. The third-order valence-electron chi connectivity index (χ3n) is 2.76. The molecule has 102 valence electrons. The Morgan fingerprint density at radius 1 is 1.42 bits per heavy atom. The van der Waals surface area contributed by atoms with Gasteiger partial charge >= 0.3 is 5.97 Å². The summed E-state index contributed by atoms with van der Waals surface area (Å²) in [7, 11) is 0. The van der Waals surface area contributed by atoms with Crippen LogP contribution < -0.4 is 5.32 Å². The highest BCUT2D eigenvalue weighted by Gasteiger charge is 2.16. The van der Waals surface area contributed by atoms with Crippen LogP contribution in [0.25, 0.3) is 5.52 Å². The van der Waals surface area contributed by atoms with Gasteiger partial charge in [0.15, 0.2) is 0 Å². The van der Waals surface area contributed by atoms with Crippen molar-refractivity contribution in [3.05, 3.63) is 35.9 Å². The Morgan fingerprint density at radius 2 is 2.16 bits per heavy atom. The van der Waals surface area contributed by atoms with Gasteiger partial charge in [0.2, 0.25) is 5.82 Å². The topological polar surface area (TPSA) is 66.6 Å². The van der Waals surface area contributed by atoms with Gasteiger partial charge in [-0.2, -0.15) is 0 Å². The number of nitrogens with one attached hydrogen (secondary N) is 1. The van der Waals surface area contributed by atoms with Crippen LogP contribution in [0.1, 0.15) is 37.1 Å². The molecular formula is C14H19N3O2. The number of hydrogen-bond acceptors (Lipinski definition) is 3. The average Bonchev–Trinajstić information content (AvgIpc) is 2.67. The van der Waals surface area contributed by atoms with E-state index in [2.05, 4.69) is 31.1 Å². The molecule has 2 rings (SSSR count). The molecule has 0 unspecified atom stereocenters. The predicted molar refractivity (Wildman–Crippen MR) is 73.3 cm³/mol. The molecule has 0 saturated carbocycles. The van der Waals surface area contributed by atoms with Crippen molar-refractivity contribution in [1.29, 1.82) is 0 Å². The van der Waals surface area contributed by atoms with E-state index in [9.17, 15) is 4.79 Å². The molecule has 0 radical (unpaired) electrons. The van der Waals surface area contributed by atoms with Gasteiger partial charge in [-0.05, 0) is 17.5 Å². The molecule has 5 nitrogen and oxygen atoms in total. The van der Waals surface area contributed by atoms with Gasteiger partial charge < -0.3 is 10.4 Å². The van der Waals surface area contributed by atoms with Gasteiger partial charge in [0.25, 0.3) is 0 Å². The smallest absolute Gasteiger partial charge is 0.372 e. The minimum Gasteiger partial charge on any atom is -0.475 e. The van der Waals surface area contributed by atoms with Crippen molar-refractivity contribution in [1.82, 2.24) is 14.7 Å². The molecule has 0 fully saturated rings. The van der Waals surface area contributed by atoms with E-state index in [0.29, 0.717) is 6.54 Å². The minimum atomic E-state index is -1.01. The highest BCUT2D eigenvalue weighted by molar-refractivity contribution is 5.85. The summed E-state index contributed by atoms with van der Waals surface area (Å²) in [6.45, 7) is 7.86. The molecule has 0 saturated heterocycles. The first kappa shape index (κ1) is 13.5. The second kappa shape index (κ2) is 5.01. The Labute approximate surface area is 112 Å². The highest BCUT2D eigenvalue weighted by Crippen LogP contribution is 2.15. The number of fused-ring (bicyclic) bond motifs is 1. The van der Waals surface area contributed by atoms with Gasteiger partial charge in [0, 0.05) is 19.3 Å². The number of hydrogen-bond donors (Lipinski definition) is 2. The van der Waals surface area contributed by atoms with Crippen molar-refractivity contribution in [2.24, 2.45) is 5.41 Å². The van der Waals surface area contributed by atoms with E-state index >= 15 is 0 Å². The molecule has 19 heavy (non-hydrogen) atoms. The Hall–Kier alpha value is -1.88. The largest absolute Gasteiger partial charge is 0.475 e. The van der Waals surface area contributed by atoms with Crippen LogP contribution in [-0.4, -0.2) is 27.0 Å². The number of imidazole rings is 1. The van der Waals surface area contributed by atoms with E-state index in [-0.39, 0.29) is 11.2 Å². The Balaban J connectivity index is 2.26. The molecule has 2 aromatic rings. The van der Waals surface area contributed by atoms with Gasteiger partial charge in [-0.1, -0.05) is 26.8 Å². The number of pyridine rings is 1. The molecule has 0 aromatic carbocycles. The standard InChI is InChI=1S/C14H19N3O2/c1-14(2,3)9-15-8-10-11-6-4-5-7-17(11)12(16-10)13(18)19/h4-7,15H,8-9H2,1-3H3,(H,18,19). The maximum atomic E-state index is 11.2. The van der Waals surface area contributed by atoms with Crippen LogP contribution in [0.3, 0.4) is 0 Å². The SMILES string of the molecule is CC(C)(C)CNCc1nc(C(=O)O)n2ccccc12. The molecule has 2 aromatic heterocycles. The lowest BCUT2D eigenvalue weighted by Gasteiger charge is -2.18. The number of carboxylic acids is 1. The Morgan fingerprint density at radius 3 is 2.79 bits per heavy atom. The molecular weight excluding hydrogens is 242 g/mol. The summed E-state index contributed by atoms with van der Waals surface area (Å²) in [5.41, 5.74) is 1.79. The van der Waals surface area contributed by atoms with Crippen molar-refractivity contribution in [3.63, 3.8) is 0 Å². The molecule has 2 heterocycles. The number of aromatic nitrogens is 2. The van der Waals surface area contributed by atoms with Crippen molar-refractivity contribution in [2.45, 2.75) is 27.3 Å². The predicted octanol–water partition coefficient (Wildman–Crippen LogP) is 2.17. The molecule has 0 spiro atoms. The van der Waals surface area contributed by atoms with Gasteiger partial charge in [-0.3, -0.25) is 4.40 Å². The Bertz CT molecular complexity index is 596. The Kier molecular flexibility index (Phi) is 3.57. The van der Waals surface area contributed by atoms with Crippen LogP contribution in [0.15, 0.2) is 24.4 Å². The molecule has 2 N–H and O–H groups in total. The van der Waals surface area contributed by atoms with Gasteiger partial charge in [0.05, 0.1) is 11.2 Å². The van der Waals surface area contributed by atoms with E-state index in [0.717, 1.165) is 17.8 Å². The lowest BCUT2D eigenvalue weighted by molar-refractivity contribution is 0.0682. The zero-order valence-corrected chi connectivity index (χ0v) is 11.5. The van der Waals surface area contributed by atoms with E-state index in [1.165, 1.54) is 0 Å². The second-order valence-corrected chi connectivity index (χ2v) is 5.81. The summed E-state index contributed by atoms with van der Waals surface area (Å²) < 4.78 is 1.61. The molecule has 0 bridgehead atoms.